The normalized spacial score (nSPS) is 14.6. The summed E-state index contributed by atoms with van der Waals surface area (Å²) in [7, 11) is 7.62. The second-order valence-electron chi connectivity index (χ2n) is 8.98. The fraction of sp³-hybridized carbons (Fsp3) is 0.367. The molecular weight excluding hydrogens is 564 g/mol. The van der Waals surface area contributed by atoms with Crippen molar-refractivity contribution in [1.82, 2.24) is 4.57 Å². The molecule has 42 heavy (non-hydrogen) atoms. The first kappa shape index (κ1) is 30.7. The summed E-state index contributed by atoms with van der Waals surface area (Å²) in [6.45, 7) is 4.17. The lowest BCUT2D eigenvalue weighted by atomic mass is 9.94. The summed E-state index contributed by atoms with van der Waals surface area (Å²) in [5.41, 5.74) is 1.50. The van der Waals surface area contributed by atoms with Crippen LogP contribution in [0.4, 0.5) is 0 Å². The molecule has 2 heterocycles. The van der Waals surface area contributed by atoms with Crippen LogP contribution in [0.2, 0.25) is 0 Å². The standard InChI is InChI=1S/C30H34N2O9S/c1-8-40-26-19(10-9-11-20(26)36-4)25-24(29(34)41-13-12-35-3)17(2)31-30-32(25)28(33)23(42-30)16-18-14-21(37-5)27(39-7)22(15-18)38-6/h9-11,14-16,25H,8,12-13H2,1-7H3/b23-16+/t25-/m1/s1. The average molecular weight is 599 g/mol. The Bertz CT molecular complexity index is 1650. The number of aromatic nitrogens is 1. The maximum atomic E-state index is 14.1. The van der Waals surface area contributed by atoms with Crippen molar-refractivity contribution >= 4 is 23.4 Å². The number of fused-ring (bicyclic) bond motifs is 1. The molecule has 4 rings (SSSR count). The van der Waals surface area contributed by atoms with E-state index in [1.165, 1.54) is 51.5 Å². The monoisotopic (exact) mass is 598 g/mol. The number of methoxy groups -OCH3 is 5. The first-order valence-corrected chi connectivity index (χ1v) is 13.9. The van der Waals surface area contributed by atoms with Crippen LogP contribution in [-0.4, -0.2) is 65.9 Å². The Morgan fingerprint density at radius 1 is 0.976 bits per heavy atom. The first-order chi connectivity index (χ1) is 20.3. The maximum absolute atomic E-state index is 14.1. The molecule has 0 fully saturated rings. The van der Waals surface area contributed by atoms with Crippen molar-refractivity contribution in [1.29, 1.82) is 0 Å². The van der Waals surface area contributed by atoms with Crippen LogP contribution in [0.25, 0.3) is 6.08 Å². The summed E-state index contributed by atoms with van der Waals surface area (Å²) in [6.07, 6.45) is 1.72. The quantitative estimate of drug-likeness (QED) is 0.229. The third-order valence-corrected chi connectivity index (χ3v) is 7.54. The summed E-state index contributed by atoms with van der Waals surface area (Å²) in [4.78, 5) is 32.7. The van der Waals surface area contributed by atoms with Gasteiger partial charge >= 0.3 is 5.97 Å². The van der Waals surface area contributed by atoms with Crippen LogP contribution < -0.4 is 38.6 Å². The molecule has 0 radical (unpaired) electrons. The zero-order valence-corrected chi connectivity index (χ0v) is 25.5. The Morgan fingerprint density at radius 3 is 2.26 bits per heavy atom. The number of esters is 1. The van der Waals surface area contributed by atoms with E-state index in [4.69, 9.17) is 33.2 Å². The highest BCUT2D eigenvalue weighted by atomic mass is 32.1. The Morgan fingerprint density at radius 2 is 1.67 bits per heavy atom. The van der Waals surface area contributed by atoms with E-state index in [1.807, 2.05) is 6.92 Å². The highest BCUT2D eigenvalue weighted by Gasteiger charge is 2.36. The minimum atomic E-state index is -0.893. The predicted molar refractivity (Wildman–Crippen MR) is 157 cm³/mol. The summed E-state index contributed by atoms with van der Waals surface area (Å²) >= 11 is 1.20. The number of hydrogen-bond acceptors (Lipinski definition) is 11. The number of nitrogens with zero attached hydrogens (tertiary/aromatic N) is 2. The van der Waals surface area contributed by atoms with E-state index >= 15 is 0 Å². The Kier molecular flexibility index (Phi) is 9.92. The van der Waals surface area contributed by atoms with Gasteiger partial charge in [-0.3, -0.25) is 9.36 Å². The highest BCUT2D eigenvalue weighted by Crippen LogP contribution is 2.41. The van der Waals surface area contributed by atoms with Crippen LogP contribution in [0, 0.1) is 0 Å². The fourth-order valence-electron chi connectivity index (χ4n) is 4.72. The number of carbonyl (C=O) groups is 1. The van der Waals surface area contributed by atoms with Gasteiger partial charge in [0, 0.05) is 12.7 Å². The van der Waals surface area contributed by atoms with Gasteiger partial charge < -0.3 is 33.2 Å². The average Bonchev–Trinajstić information content (AvgIpc) is 3.29. The molecule has 224 valence electrons. The van der Waals surface area contributed by atoms with Gasteiger partial charge in [0.1, 0.15) is 12.6 Å². The SMILES string of the molecule is CCOc1c(OC)cccc1[C@@H]1C(C(=O)OCCOC)=C(C)N=c2s/c(=C/c3cc(OC)c(OC)c(OC)c3)c(=O)n21. The van der Waals surface area contributed by atoms with Crippen molar-refractivity contribution in [3.63, 3.8) is 0 Å². The molecule has 2 aromatic carbocycles. The van der Waals surface area contributed by atoms with Crippen molar-refractivity contribution in [2.45, 2.75) is 19.9 Å². The second kappa shape index (κ2) is 13.6. The van der Waals surface area contributed by atoms with E-state index in [2.05, 4.69) is 4.99 Å². The Labute approximate surface area is 247 Å². The van der Waals surface area contributed by atoms with Crippen LogP contribution in [0.15, 0.2) is 51.4 Å². The van der Waals surface area contributed by atoms with Crippen molar-refractivity contribution in [3.05, 3.63) is 72.4 Å². The smallest absolute Gasteiger partial charge is 0.338 e. The van der Waals surface area contributed by atoms with E-state index in [-0.39, 0.29) is 24.3 Å². The van der Waals surface area contributed by atoms with Gasteiger partial charge in [0.05, 0.1) is 57.5 Å². The maximum Gasteiger partial charge on any atom is 0.338 e. The molecule has 3 aromatic rings. The molecule has 1 aliphatic rings. The van der Waals surface area contributed by atoms with Gasteiger partial charge in [-0.2, -0.15) is 0 Å². The number of carbonyl (C=O) groups excluding carboxylic acids is 1. The molecule has 0 amide bonds. The van der Waals surface area contributed by atoms with Gasteiger partial charge in [0.25, 0.3) is 5.56 Å². The molecule has 12 heteroatoms. The molecule has 0 spiro atoms. The molecule has 11 nitrogen and oxygen atoms in total. The third-order valence-electron chi connectivity index (χ3n) is 6.56. The van der Waals surface area contributed by atoms with Gasteiger partial charge in [-0.15, -0.1) is 0 Å². The molecule has 0 saturated heterocycles. The highest BCUT2D eigenvalue weighted by molar-refractivity contribution is 7.07. The van der Waals surface area contributed by atoms with Gasteiger partial charge in [0.15, 0.2) is 27.8 Å². The zero-order valence-electron chi connectivity index (χ0n) is 24.6. The van der Waals surface area contributed by atoms with Crippen LogP contribution >= 0.6 is 11.3 Å². The Balaban J connectivity index is 1.98. The van der Waals surface area contributed by atoms with E-state index in [0.717, 1.165) is 0 Å². The summed E-state index contributed by atoms with van der Waals surface area (Å²) < 4.78 is 40.4. The van der Waals surface area contributed by atoms with Crippen LogP contribution in [0.1, 0.15) is 31.0 Å². The molecule has 0 N–H and O–H groups in total. The number of ether oxygens (including phenoxy) is 7. The number of para-hydroxylation sites is 1. The van der Waals surface area contributed by atoms with Crippen molar-refractivity contribution < 1.29 is 38.0 Å². The molecule has 1 aliphatic heterocycles. The van der Waals surface area contributed by atoms with E-state index in [1.54, 1.807) is 43.3 Å². The lowest BCUT2D eigenvalue weighted by Crippen LogP contribution is -2.40. The summed E-state index contributed by atoms with van der Waals surface area (Å²) in [6, 6.07) is 7.94. The van der Waals surface area contributed by atoms with Crippen molar-refractivity contribution in [3.8, 4) is 28.7 Å². The van der Waals surface area contributed by atoms with Gasteiger partial charge in [-0.1, -0.05) is 23.5 Å². The zero-order chi connectivity index (χ0) is 30.4. The van der Waals surface area contributed by atoms with Gasteiger partial charge in [-0.25, -0.2) is 9.79 Å². The van der Waals surface area contributed by atoms with Crippen molar-refractivity contribution in [2.24, 2.45) is 4.99 Å². The van der Waals surface area contributed by atoms with E-state index < -0.39 is 12.0 Å². The molecule has 1 atom stereocenters. The lowest BCUT2D eigenvalue weighted by Gasteiger charge is -2.27. The topological polar surface area (TPSA) is 116 Å². The third kappa shape index (κ3) is 5.86. The second-order valence-corrected chi connectivity index (χ2v) is 9.99. The largest absolute Gasteiger partial charge is 0.493 e. The number of rotatable bonds is 12. The Hall–Kier alpha value is -4.29. The number of allylic oxidation sites excluding steroid dienone is 1. The predicted octanol–water partition coefficient (Wildman–Crippen LogP) is 2.86. The first-order valence-electron chi connectivity index (χ1n) is 13.1. The molecule has 0 bridgehead atoms. The number of thiazole rings is 1. The van der Waals surface area contributed by atoms with E-state index in [9.17, 15) is 9.59 Å². The van der Waals surface area contributed by atoms with Gasteiger partial charge in [0.2, 0.25) is 5.75 Å². The molecule has 0 saturated carbocycles. The van der Waals surface area contributed by atoms with Crippen LogP contribution in [0.5, 0.6) is 28.7 Å². The van der Waals surface area contributed by atoms with E-state index in [0.29, 0.717) is 61.5 Å². The van der Waals surface area contributed by atoms with Crippen LogP contribution in [-0.2, 0) is 14.3 Å². The van der Waals surface area contributed by atoms with Gasteiger partial charge in [-0.05, 0) is 43.7 Å². The fourth-order valence-corrected chi connectivity index (χ4v) is 5.76. The molecule has 1 aromatic heterocycles. The lowest BCUT2D eigenvalue weighted by molar-refractivity contribution is -0.140. The molecule has 0 unspecified atom stereocenters. The number of hydrogen-bond donors (Lipinski definition) is 0. The number of benzene rings is 2. The van der Waals surface area contributed by atoms with Crippen LogP contribution in [0.3, 0.4) is 0 Å². The summed E-state index contributed by atoms with van der Waals surface area (Å²) in [5.74, 6) is 1.61. The molecule has 0 aliphatic carbocycles. The minimum absolute atomic E-state index is 0.0425. The summed E-state index contributed by atoms with van der Waals surface area (Å²) in [5, 5.41) is 0. The van der Waals surface area contributed by atoms with Crippen molar-refractivity contribution in [2.75, 3.05) is 55.4 Å². The molecular formula is C30H34N2O9S. The minimum Gasteiger partial charge on any atom is -0.493 e.